The van der Waals surface area contributed by atoms with Gasteiger partial charge in [-0.2, -0.15) is 0 Å². The summed E-state index contributed by atoms with van der Waals surface area (Å²) >= 11 is 0. The summed E-state index contributed by atoms with van der Waals surface area (Å²) < 4.78 is 23.6. The van der Waals surface area contributed by atoms with Crippen LogP contribution in [0.1, 0.15) is 39.9 Å². The number of rotatable bonds is 2. The van der Waals surface area contributed by atoms with Crippen LogP contribution >= 0.6 is 0 Å². The number of aryl methyl sites for hydroxylation is 1. The molecule has 0 spiro atoms. The molecule has 5 heteroatoms. The van der Waals surface area contributed by atoms with Crippen LogP contribution in [0, 0.1) is 6.92 Å². The van der Waals surface area contributed by atoms with Crippen molar-refractivity contribution < 1.29 is 23.7 Å². The predicted octanol–water partition coefficient (Wildman–Crippen LogP) is 4.00. The van der Waals surface area contributed by atoms with Gasteiger partial charge >= 0.3 is 0 Å². The van der Waals surface area contributed by atoms with Crippen LogP contribution in [0.25, 0.3) is 0 Å². The van der Waals surface area contributed by atoms with E-state index in [9.17, 15) is 4.79 Å². The zero-order chi connectivity index (χ0) is 19.6. The molecule has 0 N–H and O–H groups in total. The lowest BCUT2D eigenvalue weighted by molar-refractivity contribution is 0.0555. The Labute approximate surface area is 163 Å². The molecule has 0 radical (unpaired) electrons. The summed E-state index contributed by atoms with van der Waals surface area (Å²) in [4.78, 5) is 13.5. The van der Waals surface area contributed by atoms with Gasteiger partial charge in [-0.3, -0.25) is 4.79 Å². The van der Waals surface area contributed by atoms with Crippen molar-refractivity contribution in [2.75, 3.05) is 13.7 Å². The maximum absolute atomic E-state index is 13.5. The molecule has 0 aromatic heterocycles. The summed E-state index contributed by atoms with van der Waals surface area (Å²) in [5, 5.41) is 0. The van der Waals surface area contributed by atoms with E-state index in [1.54, 1.807) is 7.11 Å². The maximum atomic E-state index is 13.5. The Bertz CT molecular complexity index is 1020. The highest BCUT2D eigenvalue weighted by Gasteiger charge is 2.45. The normalized spacial score (nSPS) is 24.0. The lowest BCUT2D eigenvalue weighted by atomic mass is 9.80. The Morgan fingerprint density at radius 3 is 2.79 bits per heavy atom. The molecular weight excluding hydrogens is 356 g/mol. The molecule has 3 aliphatic rings. The number of hydrogen-bond donors (Lipinski definition) is 0. The molecule has 0 fully saturated rings. The number of fused-ring (bicyclic) bond motifs is 6. The Hall–Kier alpha value is -2.95. The largest absolute Gasteiger partial charge is 0.496 e. The number of benzene rings is 2. The minimum Gasteiger partial charge on any atom is -0.496 e. The van der Waals surface area contributed by atoms with Gasteiger partial charge in [0.15, 0.2) is 5.78 Å². The highest BCUT2D eigenvalue weighted by Crippen LogP contribution is 2.48. The average molecular weight is 378 g/mol. The first-order valence-electron chi connectivity index (χ1n) is 9.48. The third-order valence-corrected chi connectivity index (χ3v) is 5.88. The van der Waals surface area contributed by atoms with Crippen molar-refractivity contribution in [1.29, 1.82) is 0 Å². The van der Waals surface area contributed by atoms with Crippen LogP contribution in [0.3, 0.4) is 0 Å². The average Bonchev–Trinajstić information content (AvgIpc) is 3.12. The number of Topliss-reactive ketones (excluding diaryl/α,β-unsaturated/α-hetero) is 1. The van der Waals surface area contributed by atoms with Crippen LogP contribution in [-0.2, 0) is 6.42 Å². The van der Waals surface area contributed by atoms with E-state index < -0.39 is 0 Å². The van der Waals surface area contributed by atoms with E-state index in [-0.39, 0.29) is 23.9 Å². The second kappa shape index (κ2) is 6.03. The number of ketones is 1. The molecule has 3 aliphatic heterocycles. The van der Waals surface area contributed by atoms with Crippen LogP contribution in [-0.4, -0.2) is 31.7 Å². The predicted molar refractivity (Wildman–Crippen MR) is 104 cm³/mol. The first-order valence-corrected chi connectivity index (χ1v) is 9.48. The van der Waals surface area contributed by atoms with Crippen LogP contribution < -0.4 is 18.9 Å². The summed E-state index contributed by atoms with van der Waals surface area (Å²) in [6.07, 6.45) is 0.249. The Morgan fingerprint density at radius 1 is 1.21 bits per heavy atom. The molecular formula is C23H22O5. The number of methoxy groups -OCH3 is 1. The first kappa shape index (κ1) is 17.2. The van der Waals surface area contributed by atoms with Crippen LogP contribution in [0.2, 0.25) is 0 Å². The fourth-order valence-corrected chi connectivity index (χ4v) is 4.38. The highest BCUT2D eigenvalue weighted by atomic mass is 16.5. The molecule has 3 heterocycles. The Kier molecular flexibility index (Phi) is 3.69. The number of carbonyl (C=O) groups excluding carboxylic acids is 1. The monoisotopic (exact) mass is 378 g/mol. The summed E-state index contributed by atoms with van der Waals surface area (Å²) in [6.45, 7) is 8.24. The first-order chi connectivity index (χ1) is 13.5. The summed E-state index contributed by atoms with van der Waals surface area (Å²) in [5.74, 6) is 2.55. The van der Waals surface area contributed by atoms with E-state index >= 15 is 0 Å². The second-order valence-electron chi connectivity index (χ2n) is 7.74. The van der Waals surface area contributed by atoms with Crippen molar-refractivity contribution in [1.82, 2.24) is 0 Å². The molecule has 0 saturated heterocycles. The molecule has 0 amide bonds. The standard InChI is InChI=1S/C23H22O5/c1-11(2)17-8-15-16(27-17)6-5-13-22(24)21-14-7-12(3)18(25-4)9-19(14)26-10-20(21)28-23(13)15/h5-7,9,17,20-21H,1,8,10H2,2-4H3. The molecule has 0 saturated carbocycles. The molecule has 5 rings (SSSR count). The molecule has 5 nitrogen and oxygen atoms in total. The lowest BCUT2D eigenvalue weighted by Crippen LogP contribution is -2.43. The molecule has 28 heavy (non-hydrogen) atoms. The van der Waals surface area contributed by atoms with Gasteiger partial charge in [-0.25, -0.2) is 0 Å². The van der Waals surface area contributed by atoms with Gasteiger partial charge in [-0.1, -0.05) is 6.58 Å². The van der Waals surface area contributed by atoms with Crippen LogP contribution in [0.5, 0.6) is 23.0 Å². The Morgan fingerprint density at radius 2 is 2.04 bits per heavy atom. The van der Waals surface area contributed by atoms with Gasteiger partial charge in [-0.05, 0) is 43.2 Å². The van der Waals surface area contributed by atoms with E-state index in [1.807, 2.05) is 38.1 Å². The van der Waals surface area contributed by atoms with Gasteiger partial charge in [0.2, 0.25) is 0 Å². The van der Waals surface area contributed by atoms with Gasteiger partial charge in [0.1, 0.15) is 41.8 Å². The minimum atomic E-state index is -0.377. The van der Waals surface area contributed by atoms with Gasteiger partial charge < -0.3 is 18.9 Å². The van der Waals surface area contributed by atoms with Gasteiger partial charge in [0.25, 0.3) is 0 Å². The fourth-order valence-electron chi connectivity index (χ4n) is 4.38. The van der Waals surface area contributed by atoms with Crippen molar-refractivity contribution in [3.05, 3.63) is 58.7 Å². The number of ether oxygens (including phenoxy) is 4. The minimum absolute atomic E-state index is 0.0712. The van der Waals surface area contributed by atoms with Crippen molar-refractivity contribution in [3.63, 3.8) is 0 Å². The van der Waals surface area contributed by atoms with Crippen LogP contribution in [0.15, 0.2) is 36.4 Å². The maximum Gasteiger partial charge on any atom is 0.178 e. The van der Waals surface area contributed by atoms with E-state index in [2.05, 4.69) is 6.58 Å². The SMILES string of the molecule is C=C(C)C1Cc2c(ccc3c2OC2COc4cc(OC)c(C)cc4C2C3=O)O1. The van der Waals surface area contributed by atoms with Gasteiger partial charge in [0, 0.05) is 23.6 Å². The summed E-state index contributed by atoms with van der Waals surface area (Å²) in [5.41, 5.74) is 4.36. The van der Waals surface area contributed by atoms with Gasteiger partial charge in [-0.15, -0.1) is 0 Å². The zero-order valence-electron chi connectivity index (χ0n) is 16.2. The molecule has 3 unspecified atom stereocenters. The molecule has 2 aromatic rings. The van der Waals surface area contributed by atoms with E-state index in [0.29, 0.717) is 30.1 Å². The van der Waals surface area contributed by atoms with Crippen molar-refractivity contribution in [3.8, 4) is 23.0 Å². The number of hydrogen-bond acceptors (Lipinski definition) is 5. The van der Waals surface area contributed by atoms with Crippen molar-refractivity contribution >= 4 is 5.78 Å². The zero-order valence-corrected chi connectivity index (χ0v) is 16.2. The Balaban J connectivity index is 1.58. The third kappa shape index (κ3) is 2.35. The van der Waals surface area contributed by atoms with E-state index in [1.165, 1.54) is 0 Å². The molecule has 0 bridgehead atoms. The molecule has 144 valence electrons. The molecule has 2 aromatic carbocycles. The molecule has 0 aliphatic carbocycles. The quantitative estimate of drug-likeness (QED) is 0.740. The van der Waals surface area contributed by atoms with Crippen molar-refractivity contribution in [2.24, 2.45) is 0 Å². The summed E-state index contributed by atoms with van der Waals surface area (Å²) in [7, 11) is 1.63. The van der Waals surface area contributed by atoms with Crippen LogP contribution in [0.4, 0.5) is 0 Å². The lowest BCUT2D eigenvalue weighted by Gasteiger charge is -2.37. The number of carbonyl (C=O) groups is 1. The van der Waals surface area contributed by atoms with E-state index in [4.69, 9.17) is 18.9 Å². The topological polar surface area (TPSA) is 54.0 Å². The van der Waals surface area contributed by atoms with Crippen molar-refractivity contribution in [2.45, 2.75) is 38.4 Å². The third-order valence-electron chi connectivity index (χ3n) is 5.88. The molecule has 3 atom stereocenters. The fraction of sp³-hybridized carbons (Fsp3) is 0.348. The van der Waals surface area contributed by atoms with E-state index in [0.717, 1.165) is 33.8 Å². The van der Waals surface area contributed by atoms with Gasteiger partial charge in [0.05, 0.1) is 18.6 Å². The smallest absolute Gasteiger partial charge is 0.178 e. The summed E-state index contributed by atoms with van der Waals surface area (Å²) in [6, 6.07) is 7.53. The highest BCUT2D eigenvalue weighted by molar-refractivity contribution is 6.05. The second-order valence-corrected chi connectivity index (χ2v) is 7.74.